The molecule has 0 amide bonds. The summed E-state index contributed by atoms with van der Waals surface area (Å²) in [5.74, 6) is -2.41. The molecule has 0 aliphatic carbocycles. The van der Waals surface area contributed by atoms with E-state index in [1.807, 2.05) is 0 Å². The lowest BCUT2D eigenvalue weighted by Crippen LogP contribution is -1.85. The Balaban J connectivity index is 3.46. The number of benzene rings is 1. The summed E-state index contributed by atoms with van der Waals surface area (Å²) in [4.78, 5) is 0. The Hall–Kier alpha value is -0.160. The van der Waals surface area contributed by atoms with Crippen molar-refractivity contribution >= 4 is 31.9 Å². The summed E-state index contributed by atoms with van der Waals surface area (Å²) in [5, 5.41) is 8.97. The van der Waals surface area contributed by atoms with Crippen LogP contribution in [0, 0.1) is 17.7 Å². The molecule has 1 aromatic rings. The molecule has 0 aliphatic rings. The van der Waals surface area contributed by atoms with Crippen molar-refractivity contribution < 1.29 is 13.9 Å². The molecule has 11 heavy (non-hydrogen) atoms. The zero-order valence-electron chi connectivity index (χ0n) is 4.96. The molecule has 59 valence electrons. The van der Waals surface area contributed by atoms with Gasteiger partial charge >= 0.3 is 0 Å². The molecule has 0 atom stereocenters. The lowest BCUT2D eigenvalue weighted by atomic mass is 10.3. The van der Waals surface area contributed by atoms with Gasteiger partial charge in [-0.15, -0.1) is 0 Å². The summed E-state index contributed by atoms with van der Waals surface area (Å²) in [5.41, 5.74) is 0. The number of halogens is 4. The highest BCUT2D eigenvalue weighted by Gasteiger charge is 2.14. The van der Waals surface area contributed by atoms with Crippen molar-refractivity contribution in [3.8, 4) is 5.75 Å². The molecule has 0 spiro atoms. The van der Waals surface area contributed by atoms with Crippen LogP contribution in [0.25, 0.3) is 0 Å². The van der Waals surface area contributed by atoms with Crippen LogP contribution in [-0.4, -0.2) is 5.11 Å². The van der Waals surface area contributed by atoms with Gasteiger partial charge in [-0.05, 0) is 31.9 Å². The Morgan fingerprint density at radius 1 is 1.09 bits per heavy atom. The number of aromatic hydroxyl groups is 1. The first-order valence-electron chi connectivity index (χ1n) is 2.48. The Morgan fingerprint density at radius 2 is 1.45 bits per heavy atom. The molecule has 0 aromatic heterocycles. The largest absolute Gasteiger partial charge is 0.505 e. The molecule has 0 saturated carbocycles. The molecule has 1 aromatic carbocycles. The lowest BCUT2D eigenvalue weighted by molar-refractivity contribution is 0.449. The van der Waals surface area contributed by atoms with E-state index in [2.05, 4.69) is 31.9 Å². The van der Waals surface area contributed by atoms with Crippen LogP contribution in [0.15, 0.2) is 8.95 Å². The van der Waals surface area contributed by atoms with Gasteiger partial charge in [-0.2, -0.15) is 0 Å². The van der Waals surface area contributed by atoms with E-state index in [1.165, 1.54) is 0 Å². The van der Waals surface area contributed by atoms with E-state index in [9.17, 15) is 8.78 Å². The SMILES string of the molecule is Oc1c(Br)c(F)[c]c(F)c1Br. The zero-order chi connectivity index (χ0) is 8.59. The average molecular weight is 287 g/mol. The molecule has 1 N–H and O–H groups in total. The van der Waals surface area contributed by atoms with Crippen molar-refractivity contribution in [3.05, 3.63) is 26.6 Å². The lowest BCUT2D eigenvalue weighted by Gasteiger charge is -2.00. The number of hydrogen-bond acceptors (Lipinski definition) is 1. The Kier molecular flexibility index (Phi) is 2.49. The smallest absolute Gasteiger partial charge is 0.152 e. The van der Waals surface area contributed by atoms with Crippen molar-refractivity contribution in [2.45, 2.75) is 0 Å². The molecule has 0 heterocycles. The predicted octanol–water partition coefficient (Wildman–Crippen LogP) is 3.00. The van der Waals surface area contributed by atoms with Crippen LogP contribution in [0.4, 0.5) is 8.78 Å². The molecule has 0 unspecified atom stereocenters. The van der Waals surface area contributed by atoms with Gasteiger partial charge in [0, 0.05) is 0 Å². The van der Waals surface area contributed by atoms with E-state index in [4.69, 9.17) is 5.11 Å². The number of phenols is 1. The molecule has 0 bridgehead atoms. The van der Waals surface area contributed by atoms with Gasteiger partial charge in [-0.25, -0.2) is 8.78 Å². The summed E-state index contributed by atoms with van der Waals surface area (Å²) in [6.45, 7) is 0. The van der Waals surface area contributed by atoms with Crippen LogP contribution < -0.4 is 0 Å². The maximum atomic E-state index is 12.5. The van der Waals surface area contributed by atoms with Gasteiger partial charge in [0.15, 0.2) is 11.6 Å². The van der Waals surface area contributed by atoms with Gasteiger partial charge in [0.1, 0.15) is 5.75 Å². The Bertz CT molecular complexity index is 275. The Morgan fingerprint density at radius 3 is 1.82 bits per heavy atom. The molecule has 0 aliphatic heterocycles. The van der Waals surface area contributed by atoms with Crippen molar-refractivity contribution in [2.75, 3.05) is 0 Å². The summed E-state index contributed by atoms with van der Waals surface area (Å²) >= 11 is 5.42. The molecule has 1 rings (SSSR count). The second-order valence-electron chi connectivity index (χ2n) is 1.73. The standard InChI is InChI=1S/C6HBr2F2O/c7-4-2(9)1-3(10)5(8)6(4)11/h11H. The molecular weight excluding hydrogens is 286 g/mol. The fourth-order valence-corrected chi connectivity index (χ4v) is 1.37. The van der Waals surface area contributed by atoms with E-state index in [-0.39, 0.29) is 8.95 Å². The highest BCUT2D eigenvalue weighted by Crippen LogP contribution is 2.35. The minimum Gasteiger partial charge on any atom is -0.505 e. The van der Waals surface area contributed by atoms with Crippen molar-refractivity contribution in [2.24, 2.45) is 0 Å². The van der Waals surface area contributed by atoms with E-state index in [0.717, 1.165) is 0 Å². The average Bonchev–Trinajstić information content (AvgIpc) is 1.97. The molecule has 0 saturated heterocycles. The monoisotopic (exact) mass is 285 g/mol. The maximum absolute atomic E-state index is 12.5. The van der Waals surface area contributed by atoms with Crippen molar-refractivity contribution in [1.29, 1.82) is 0 Å². The molecule has 1 radical (unpaired) electrons. The summed E-state index contributed by atoms with van der Waals surface area (Å²) in [7, 11) is 0. The van der Waals surface area contributed by atoms with E-state index >= 15 is 0 Å². The third kappa shape index (κ3) is 1.54. The highest BCUT2D eigenvalue weighted by molar-refractivity contribution is 9.11. The minimum absolute atomic E-state index is 0.203. The molecular formula is C6HBr2F2O. The van der Waals surface area contributed by atoms with E-state index < -0.39 is 17.4 Å². The third-order valence-corrected chi connectivity index (χ3v) is 2.47. The van der Waals surface area contributed by atoms with Gasteiger partial charge < -0.3 is 5.11 Å². The molecule has 1 nitrogen and oxygen atoms in total. The van der Waals surface area contributed by atoms with E-state index in [1.54, 1.807) is 6.07 Å². The van der Waals surface area contributed by atoms with Crippen LogP contribution in [0.5, 0.6) is 5.75 Å². The first-order chi connectivity index (χ1) is 5.04. The predicted molar refractivity (Wildman–Crippen MR) is 42.3 cm³/mol. The minimum atomic E-state index is -0.955. The summed E-state index contributed by atoms with van der Waals surface area (Å²) in [6, 6.07) is 1.76. The molecule has 5 heteroatoms. The van der Waals surface area contributed by atoms with Crippen molar-refractivity contribution in [3.63, 3.8) is 0 Å². The van der Waals surface area contributed by atoms with Crippen LogP contribution in [0.1, 0.15) is 0 Å². The van der Waals surface area contributed by atoms with Crippen LogP contribution in [0.3, 0.4) is 0 Å². The second-order valence-corrected chi connectivity index (χ2v) is 3.32. The number of hydrogen-bond donors (Lipinski definition) is 1. The van der Waals surface area contributed by atoms with Gasteiger partial charge in [-0.3, -0.25) is 0 Å². The fourth-order valence-electron chi connectivity index (χ4n) is 0.510. The maximum Gasteiger partial charge on any atom is 0.152 e. The zero-order valence-corrected chi connectivity index (χ0v) is 8.13. The van der Waals surface area contributed by atoms with E-state index in [0.29, 0.717) is 0 Å². The van der Waals surface area contributed by atoms with Gasteiger partial charge in [0.2, 0.25) is 0 Å². The highest BCUT2D eigenvalue weighted by atomic mass is 79.9. The topological polar surface area (TPSA) is 20.2 Å². The van der Waals surface area contributed by atoms with Crippen LogP contribution >= 0.6 is 31.9 Å². The van der Waals surface area contributed by atoms with Crippen LogP contribution in [-0.2, 0) is 0 Å². The summed E-state index contributed by atoms with van der Waals surface area (Å²) < 4.78 is 24.6. The number of phenolic OH excluding ortho intramolecular Hbond substituents is 1. The molecule has 0 fully saturated rings. The third-order valence-electron chi connectivity index (χ3n) is 1.02. The fraction of sp³-hybridized carbons (Fsp3) is 0. The second kappa shape index (κ2) is 3.06. The van der Waals surface area contributed by atoms with Crippen molar-refractivity contribution in [1.82, 2.24) is 0 Å². The van der Waals surface area contributed by atoms with Gasteiger partial charge in [0.05, 0.1) is 15.0 Å². The normalized spacial score (nSPS) is 10.2. The first-order valence-corrected chi connectivity index (χ1v) is 4.07. The summed E-state index contributed by atoms with van der Waals surface area (Å²) in [6.07, 6.45) is 0. The number of rotatable bonds is 0. The Labute approximate surface area is 78.3 Å². The first kappa shape index (κ1) is 8.93. The van der Waals surface area contributed by atoms with Crippen LogP contribution in [0.2, 0.25) is 0 Å². The van der Waals surface area contributed by atoms with Gasteiger partial charge in [-0.1, -0.05) is 0 Å². The quantitative estimate of drug-likeness (QED) is 0.727. The van der Waals surface area contributed by atoms with Gasteiger partial charge in [0.25, 0.3) is 0 Å².